The number of pyridine rings is 1. The van der Waals surface area contributed by atoms with E-state index in [1.165, 1.54) is 30.0 Å². The van der Waals surface area contributed by atoms with Gasteiger partial charge in [-0.1, -0.05) is 6.42 Å². The predicted molar refractivity (Wildman–Crippen MR) is 109 cm³/mol. The summed E-state index contributed by atoms with van der Waals surface area (Å²) in [6, 6.07) is 3.85. The number of ether oxygens (including phenoxy) is 1. The quantitative estimate of drug-likeness (QED) is 0.731. The van der Waals surface area contributed by atoms with Crippen LogP contribution in [0.2, 0.25) is 0 Å². The molecular weight excluding hydrogens is 371 g/mol. The Balaban J connectivity index is 1.53. The molecule has 0 aromatic carbocycles. The molecule has 152 valence electrons. The third-order valence-corrected chi connectivity index (χ3v) is 5.74. The highest BCUT2D eigenvalue weighted by Crippen LogP contribution is 2.33. The van der Waals surface area contributed by atoms with E-state index in [1.54, 1.807) is 12.4 Å². The van der Waals surface area contributed by atoms with Crippen LogP contribution in [-0.2, 0) is 0 Å². The van der Waals surface area contributed by atoms with E-state index in [-0.39, 0.29) is 11.9 Å². The van der Waals surface area contributed by atoms with Crippen molar-refractivity contribution in [1.29, 1.82) is 0 Å². The van der Waals surface area contributed by atoms with Gasteiger partial charge in [-0.25, -0.2) is 18.9 Å². The fourth-order valence-electron chi connectivity index (χ4n) is 4.20. The summed E-state index contributed by atoms with van der Waals surface area (Å²) >= 11 is 0. The number of aromatic nitrogens is 4. The van der Waals surface area contributed by atoms with E-state index < -0.39 is 0 Å². The van der Waals surface area contributed by atoms with Crippen LogP contribution in [0.5, 0.6) is 5.88 Å². The van der Waals surface area contributed by atoms with Gasteiger partial charge in [-0.05, 0) is 37.8 Å². The average molecular weight is 396 g/mol. The van der Waals surface area contributed by atoms with E-state index in [0.717, 1.165) is 50.1 Å². The second kappa shape index (κ2) is 7.94. The maximum absolute atomic E-state index is 14.7. The molecule has 1 N–H and O–H groups in total. The zero-order valence-electron chi connectivity index (χ0n) is 16.4. The van der Waals surface area contributed by atoms with E-state index >= 15 is 0 Å². The first-order chi connectivity index (χ1) is 14.3. The van der Waals surface area contributed by atoms with Gasteiger partial charge in [0.2, 0.25) is 5.88 Å². The van der Waals surface area contributed by atoms with Crippen molar-refractivity contribution in [3.63, 3.8) is 0 Å². The topological polar surface area (TPSA) is 67.6 Å². The zero-order valence-corrected chi connectivity index (χ0v) is 16.4. The van der Waals surface area contributed by atoms with Crippen LogP contribution in [0.4, 0.5) is 10.2 Å². The number of nitrogens with zero attached hydrogens (tertiary/aromatic N) is 5. The molecule has 3 aromatic heterocycles. The summed E-state index contributed by atoms with van der Waals surface area (Å²) in [5, 5.41) is 7.62. The minimum absolute atomic E-state index is 0.195. The minimum atomic E-state index is -0.362. The Hall–Kier alpha value is -2.74. The highest BCUT2D eigenvalue weighted by molar-refractivity contribution is 5.80. The van der Waals surface area contributed by atoms with Crippen molar-refractivity contribution in [3.05, 3.63) is 36.5 Å². The summed E-state index contributed by atoms with van der Waals surface area (Å²) in [4.78, 5) is 11.1. The number of rotatable bonds is 4. The minimum Gasteiger partial charge on any atom is -0.474 e. The molecule has 4 heterocycles. The highest BCUT2D eigenvalue weighted by atomic mass is 19.1. The van der Waals surface area contributed by atoms with Crippen LogP contribution in [0, 0.1) is 5.82 Å². The molecule has 0 amide bonds. The first kappa shape index (κ1) is 18.3. The lowest BCUT2D eigenvalue weighted by molar-refractivity contribution is 0.149. The lowest BCUT2D eigenvalue weighted by Crippen LogP contribution is -2.44. The van der Waals surface area contributed by atoms with Crippen molar-refractivity contribution in [2.24, 2.45) is 0 Å². The summed E-state index contributed by atoms with van der Waals surface area (Å²) in [6.07, 6.45) is 10.8. The largest absolute Gasteiger partial charge is 0.474 e. The molecule has 0 spiro atoms. The molecule has 0 radical (unpaired) electrons. The number of halogens is 1. The van der Waals surface area contributed by atoms with E-state index in [9.17, 15) is 4.39 Å². The van der Waals surface area contributed by atoms with Gasteiger partial charge in [0.1, 0.15) is 6.10 Å². The Kier molecular flexibility index (Phi) is 5.01. The van der Waals surface area contributed by atoms with Crippen molar-refractivity contribution in [1.82, 2.24) is 24.9 Å². The number of hydrogen-bond acceptors (Lipinski definition) is 6. The van der Waals surface area contributed by atoms with Crippen LogP contribution >= 0.6 is 0 Å². The second-order valence-electron chi connectivity index (χ2n) is 7.71. The van der Waals surface area contributed by atoms with Gasteiger partial charge in [0.15, 0.2) is 17.3 Å². The first-order valence-corrected chi connectivity index (χ1v) is 10.4. The molecular formula is C21H25FN6O. The average Bonchev–Trinajstić information content (AvgIpc) is 3.17. The monoisotopic (exact) mass is 396 g/mol. The van der Waals surface area contributed by atoms with E-state index in [0.29, 0.717) is 17.3 Å². The lowest BCUT2D eigenvalue weighted by Gasteiger charge is -2.28. The fourth-order valence-corrected chi connectivity index (χ4v) is 4.20. The van der Waals surface area contributed by atoms with Gasteiger partial charge in [0.25, 0.3) is 0 Å². The van der Waals surface area contributed by atoms with Crippen molar-refractivity contribution >= 4 is 11.5 Å². The number of hydrogen-bond donors (Lipinski definition) is 1. The normalized spacial score (nSPS) is 18.3. The highest BCUT2D eigenvalue weighted by Gasteiger charge is 2.22. The Morgan fingerprint density at radius 2 is 1.93 bits per heavy atom. The number of anilines is 1. The number of fused-ring (bicyclic) bond motifs is 1. The van der Waals surface area contributed by atoms with E-state index in [4.69, 9.17) is 4.74 Å². The maximum atomic E-state index is 14.7. The molecule has 1 aliphatic heterocycles. The van der Waals surface area contributed by atoms with Crippen LogP contribution < -0.4 is 15.0 Å². The van der Waals surface area contributed by atoms with Crippen LogP contribution in [0.1, 0.15) is 32.1 Å². The molecule has 7 nitrogen and oxygen atoms in total. The SMILES string of the molecule is Fc1cn2ncc(-c3cccnc3OC3CCCCC3)c2nc1N1CCNCC1. The van der Waals surface area contributed by atoms with E-state index in [1.807, 2.05) is 17.0 Å². The molecule has 8 heteroatoms. The number of nitrogens with one attached hydrogen (secondary N) is 1. The Morgan fingerprint density at radius 3 is 2.76 bits per heavy atom. The van der Waals surface area contributed by atoms with Gasteiger partial charge in [-0.3, -0.25) is 0 Å². The third-order valence-electron chi connectivity index (χ3n) is 5.74. The molecule has 0 bridgehead atoms. The molecule has 5 rings (SSSR count). The zero-order chi connectivity index (χ0) is 19.6. The van der Waals surface area contributed by atoms with Crippen LogP contribution in [0.15, 0.2) is 30.7 Å². The molecule has 1 aliphatic carbocycles. The van der Waals surface area contributed by atoms with Crippen LogP contribution in [0.3, 0.4) is 0 Å². The molecule has 1 saturated heterocycles. The smallest absolute Gasteiger partial charge is 0.221 e. The fraction of sp³-hybridized carbons (Fsp3) is 0.476. The van der Waals surface area contributed by atoms with Crippen molar-refractivity contribution < 1.29 is 9.13 Å². The van der Waals surface area contributed by atoms with Gasteiger partial charge >= 0.3 is 0 Å². The van der Waals surface area contributed by atoms with Gasteiger partial charge in [-0.2, -0.15) is 5.10 Å². The van der Waals surface area contributed by atoms with Gasteiger partial charge in [0, 0.05) is 37.9 Å². The summed E-state index contributed by atoms with van der Waals surface area (Å²) in [6.45, 7) is 3.10. The maximum Gasteiger partial charge on any atom is 0.221 e. The summed E-state index contributed by atoms with van der Waals surface area (Å²) < 4.78 is 22.4. The lowest BCUT2D eigenvalue weighted by atomic mass is 9.98. The van der Waals surface area contributed by atoms with Gasteiger partial charge in [-0.15, -0.1) is 0 Å². The predicted octanol–water partition coefficient (Wildman–Crippen LogP) is 3.05. The summed E-state index contributed by atoms with van der Waals surface area (Å²) in [5.74, 6) is 0.613. The molecule has 1 saturated carbocycles. The second-order valence-corrected chi connectivity index (χ2v) is 7.71. The number of piperazine rings is 1. The first-order valence-electron chi connectivity index (χ1n) is 10.4. The summed E-state index contributed by atoms with van der Waals surface area (Å²) in [5.41, 5.74) is 2.26. The van der Waals surface area contributed by atoms with Crippen molar-refractivity contribution in [3.8, 4) is 17.0 Å². The summed E-state index contributed by atoms with van der Waals surface area (Å²) in [7, 11) is 0. The molecule has 0 unspecified atom stereocenters. The Bertz CT molecular complexity index is 994. The molecule has 2 aliphatic rings. The van der Waals surface area contributed by atoms with Crippen LogP contribution in [-0.4, -0.2) is 51.9 Å². The van der Waals surface area contributed by atoms with Crippen LogP contribution in [0.25, 0.3) is 16.8 Å². The molecule has 2 fully saturated rings. The molecule has 3 aromatic rings. The Labute approximate surface area is 168 Å². The third kappa shape index (κ3) is 3.64. The van der Waals surface area contributed by atoms with Crippen molar-refractivity contribution in [2.45, 2.75) is 38.2 Å². The molecule has 29 heavy (non-hydrogen) atoms. The Morgan fingerprint density at radius 1 is 1.10 bits per heavy atom. The van der Waals surface area contributed by atoms with Gasteiger partial charge < -0.3 is 15.0 Å². The molecule has 0 atom stereocenters. The van der Waals surface area contributed by atoms with E-state index in [2.05, 4.69) is 20.4 Å². The standard InChI is InChI=1S/C21H25FN6O/c22-18-14-28-19(26-20(18)27-11-9-23-10-12-27)17(13-25-28)16-7-4-8-24-21(16)29-15-5-2-1-3-6-15/h4,7-8,13-15,23H,1-3,5-6,9-12H2. The van der Waals surface area contributed by atoms with Gasteiger partial charge in [0.05, 0.1) is 18.0 Å². The van der Waals surface area contributed by atoms with Crippen molar-refractivity contribution in [2.75, 3.05) is 31.1 Å².